The van der Waals surface area contributed by atoms with Gasteiger partial charge in [-0.3, -0.25) is 0 Å². The predicted octanol–water partition coefficient (Wildman–Crippen LogP) is 4.29. The highest BCUT2D eigenvalue weighted by molar-refractivity contribution is 6.32. The van der Waals surface area contributed by atoms with Crippen LogP contribution in [-0.4, -0.2) is 26.3 Å². The first kappa shape index (κ1) is 16.2. The zero-order valence-corrected chi connectivity index (χ0v) is 13.6. The predicted molar refractivity (Wildman–Crippen MR) is 88.5 cm³/mol. The van der Waals surface area contributed by atoms with Crippen LogP contribution in [0.1, 0.15) is 38.7 Å². The fraction of sp³-hybridized carbons (Fsp3) is 0.529. The molecule has 1 heterocycles. The van der Waals surface area contributed by atoms with Crippen LogP contribution in [0, 0.1) is 0 Å². The molecule has 0 fully saturated rings. The molecule has 0 amide bonds. The van der Waals surface area contributed by atoms with Crippen molar-refractivity contribution in [1.82, 2.24) is 5.32 Å². The van der Waals surface area contributed by atoms with Crippen molar-refractivity contribution in [3.8, 4) is 11.5 Å². The lowest BCUT2D eigenvalue weighted by Gasteiger charge is -2.11. The third-order valence-electron chi connectivity index (χ3n) is 3.43. The lowest BCUT2D eigenvalue weighted by molar-refractivity contribution is 0.297. The molecule has 3 nitrogen and oxygen atoms in total. The molecule has 0 atom stereocenters. The lowest BCUT2D eigenvalue weighted by Crippen LogP contribution is -2.17. The van der Waals surface area contributed by atoms with E-state index in [1.54, 1.807) is 0 Å². The summed E-state index contributed by atoms with van der Waals surface area (Å²) in [6.45, 7) is 7.63. The molecular formula is C17H24ClNO2. The van der Waals surface area contributed by atoms with Gasteiger partial charge in [0.1, 0.15) is 0 Å². The summed E-state index contributed by atoms with van der Waals surface area (Å²) >= 11 is 6.32. The van der Waals surface area contributed by atoms with Gasteiger partial charge in [0.05, 0.1) is 18.2 Å². The minimum atomic E-state index is 0.623. The van der Waals surface area contributed by atoms with E-state index in [1.807, 2.05) is 12.1 Å². The number of halogens is 1. The van der Waals surface area contributed by atoms with E-state index in [4.69, 9.17) is 21.1 Å². The van der Waals surface area contributed by atoms with Gasteiger partial charge in [-0.25, -0.2) is 0 Å². The summed E-state index contributed by atoms with van der Waals surface area (Å²) < 4.78 is 11.4. The molecular weight excluding hydrogens is 286 g/mol. The van der Waals surface area contributed by atoms with E-state index in [0.29, 0.717) is 24.0 Å². The van der Waals surface area contributed by atoms with Gasteiger partial charge in [-0.15, -0.1) is 0 Å². The average Bonchev–Trinajstić information content (AvgIpc) is 2.72. The molecule has 0 saturated carbocycles. The second-order valence-electron chi connectivity index (χ2n) is 5.21. The quantitative estimate of drug-likeness (QED) is 0.795. The topological polar surface area (TPSA) is 30.5 Å². The largest absolute Gasteiger partial charge is 0.489 e. The molecule has 0 unspecified atom stereocenters. The minimum absolute atomic E-state index is 0.623. The van der Waals surface area contributed by atoms with Gasteiger partial charge in [0, 0.05) is 13.0 Å². The molecule has 1 aliphatic rings. The van der Waals surface area contributed by atoms with Crippen LogP contribution in [0.5, 0.6) is 11.5 Å². The zero-order valence-electron chi connectivity index (χ0n) is 12.9. The normalized spacial score (nSPS) is 14.9. The summed E-state index contributed by atoms with van der Waals surface area (Å²) in [6, 6.07) is 3.96. The average molecular weight is 310 g/mol. The van der Waals surface area contributed by atoms with Gasteiger partial charge in [-0.1, -0.05) is 37.1 Å². The smallest absolute Gasteiger partial charge is 0.179 e. The first-order valence-corrected chi connectivity index (χ1v) is 8.11. The summed E-state index contributed by atoms with van der Waals surface area (Å²) in [5.74, 6) is 1.43. The molecule has 1 aromatic carbocycles. The van der Waals surface area contributed by atoms with E-state index < -0.39 is 0 Å². The van der Waals surface area contributed by atoms with Gasteiger partial charge < -0.3 is 14.8 Å². The Morgan fingerprint density at radius 2 is 2.10 bits per heavy atom. The number of hydrogen-bond acceptors (Lipinski definition) is 3. The van der Waals surface area contributed by atoms with Crippen LogP contribution < -0.4 is 14.8 Å². The molecule has 1 N–H and O–H groups in total. The number of rotatable bonds is 6. The van der Waals surface area contributed by atoms with E-state index >= 15 is 0 Å². The van der Waals surface area contributed by atoms with E-state index in [-0.39, 0.29) is 0 Å². The SMILES string of the molecule is CCCNCC(=Cc1cc(Cl)c2c(c1)OCCCO2)CC. The summed E-state index contributed by atoms with van der Waals surface area (Å²) in [4.78, 5) is 0. The lowest BCUT2D eigenvalue weighted by atomic mass is 10.1. The van der Waals surface area contributed by atoms with Crippen molar-refractivity contribution >= 4 is 17.7 Å². The van der Waals surface area contributed by atoms with Crippen LogP contribution in [0.3, 0.4) is 0 Å². The Morgan fingerprint density at radius 1 is 1.29 bits per heavy atom. The van der Waals surface area contributed by atoms with Crippen molar-refractivity contribution in [2.24, 2.45) is 0 Å². The highest BCUT2D eigenvalue weighted by Crippen LogP contribution is 2.38. The number of nitrogens with one attached hydrogen (secondary N) is 1. The highest BCUT2D eigenvalue weighted by atomic mass is 35.5. The molecule has 0 aliphatic carbocycles. The summed E-state index contributed by atoms with van der Waals surface area (Å²) in [5.41, 5.74) is 2.42. The first-order chi connectivity index (χ1) is 10.2. The maximum atomic E-state index is 6.32. The zero-order chi connectivity index (χ0) is 15.1. The van der Waals surface area contributed by atoms with Crippen molar-refractivity contribution in [1.29, 1.82) is 0 Å². The monoisotopic (exact) mass is 309 g/mol. The summed E-state index contributed by atoms with van der Waals surface area (Å²) in [7, 11) is 0. The number of hydrogen-bond donors (Lipinski definition) is 1. The fourth-order valence-electron chi connectivity index (χ4n) is 2.27. The third-order valence-corrected chi connectivity index (χ3v) is 3.71. The van der Waals surface area contributed by atoms with Crippen LogP contribution in [0.15, 0.2) is 17.7 Å². The molecule has 0 spiro atoms. The Kier molecular flexibility index (Phi) is 6.40. The minimum Gasteiger partial charge on any atom is -0.489 e. The van der Waals surface area contributed by atoms with Crippen molar-refractivity contribution < 1.29 is 9.47 Å². The van der Waals surface area contributed by atoms with Gasteiger partial charge in [0.25, 0.3) is 0 Å². The van der Waals surface area contributed by atoms with Crippen LogP contribution in [-0.2, 0) is 0 Å². The molecule has 2 rings (SSSR count). The van der Waals surface area contributed by atoms with Crippen LogP contribution >= 0.6 is 11.6 Å². The van der Waals surface area contributed by atoms with Crippen molar-refractivity contribution in [2.45, 2.75) is 33.1 Å². The number of ether oxygens (including phenoxy) is 2. The number of fused-ring (bicyclic) bond motifs is 1. The van der Waals surface area contributed by atoms with Gasteiger partial charge >= 0.3 is 0 Å². The third kappa shape index (κ3) is 4.65. The fourth-order valence-corrected chi connectivity index (χ4v) is 2.55. The van der Waals surface area contributed by atoms with E-state index in [1.165, 1.54) is 5.57 Å². The molecule has 4 heteroatoms. The second kappa shape index (κ2) is 8.30. The Balaban J connectivity index is 2.19. The molecule has 1 aromatic rings. The molecule has 116 valence electrons. The molecule has 1 aliphatic heterocycles. The maximum absolute atomic E-state index is 6.32. The second-order valence-corrected chi connectivity index (χ2v) is 5.62. The maximum Gasteiger partial charge on any atom is 0.179 e. The van der Waals surface area contributed by atoms with Gasteiger partial charge in [-0.2, -0.15) is 0 Å². The Morgan fingerprint density at radius 3 is 2.86 bits per heavy atom. The summed E-state index contributed by atoms with van der Waals surface area (Å²) in [6.07, 6.45) is 5.23. The van der Waals surface area contributed by atoms with Gasteiger partial charge in [0.15, 0.2) is 11.5 Å². The number of benzene rings is 1. The summed E-state index contributed by atoms with van der Waals surface area (Å²) in [5, 5.41) is 4.06. The van der Waals surface area contributed by atoms with Crippen molar-refractivity contribution in [3.05, 3.63) is 28.3 Å². The standard InChI is InChI=1S/C17H24ClNO2/c1-3-6-19-12-13(4-2)9-14-10-15(18)17-16(11-14)20-7-5-8-21-17/h9-11,19H,3-8,12H2,1-2H3. The van der Waals surface area contributed by atoms with Crippen LogP contribution in [0.25, 0.3) is 6.08 Å². The van der Waals surface area contributed by atoms with E-state index in [2.05, 4.69) is 25.2 Å². The van der Waals surface area contributed by atoms with Crippen LogP contribution in [0.2, 0.25) is 5.02 Å². The molecule has 0 saturated heterocycles. The Hall–Kier alpha value is -1.19. The highest BCUT2D eigenvalue weighted by Gasteiger charge is 2.15. The van der Waals surface area contributed by atoms with Crippen molar-refractivity contribution in [3.63, 3.8) is 0 Å². The molecule has 0 bridgehead atoms. The first-order valence-electron chi connectivity index (χ1n) is 7.74. The van der Waals surface area contributed by atoms with Gasteiger partial charge in [-0.05, 0) is 37.1 Å². The van der Waals surface area contributed by atoms with Gasteiger partial charge in [0.2, 0.25) is 0 Å². The van der Waals surface area contributed by atoms with Crippen molar-refractivity contribution in [2.75, 3.05) is 26.3 Å². The van der Waals surface area contributed by atoms with E-state index in [9.17, 15) is 0 Å². The molecule has 0 aromatic heterocycles. The Labute approximate surface area is 132 Å². The van der Waals surface area contributed by atoms with E-state index in [0.717, 1.165) is 43.7 Å². The van der Waals surface area contributed by atoms with Crippen LogP contribution in [0.4, 0.5) is 0 Å². The molecule has 0 radical (unpaired) electrons. The molecule has 21 heavy (non-hydrogen) atoms. The Bertz CT molecular complexity index is 500.